The van der Waals surface area contributed by atoms with Crippen molar-refractivity contribution in [1.29, 1.82) is 0 Å². The summed E-state index contributed by atoms with van der Waals surface area (Å²) in [6, 6.07) is 8.32. The van der Waals surface area contributed by atoms with E-state index >= 15 is 0 Å². The van der Waals surface area contributed by atoms with Gasteiger partial charge < -0.3 is 10.2 Å². The average molecular weight is 263 g/mol. The summed E-state index contributed by atoms with van der Waals surface area (Å²) in [6.07, 6.45) is 0.654. The van der Waals surface area contributed by atoms with Crippen molar-refractivity contribution in [2.75, 3.05) is 13.6 Å². The molecule has 1 heterocycles. The number of hydrogen-bond acceptors (Lipinski definition) is 3. The lowest BCUT2D eigenvalue weighted by molar-refractivity contribution is -0.158. The summed E-state index contributed by atoms with van der Waals surface area (Å²) in [5.41, 5.74) is 0.897. The fraction of sp³-hybridized carbons (Fsp3) is 0.429. The van der Waals surface area contributed by atoms with Crippen LogP contribution in [0.1, 0.15) is 17.9 Å². The maximum Gasteiger partial charge on any atom is 0.321 e. The van der Waals surface area contributed by atoms with Gasteiger partial charge in [0.2, 0.25) is 0 Å². The first kappa shape index (κ1) is 13.5. The molecule has 1 aromatic rings. The molecule has 5 nitrogen and oxygen atoms in total. The number of carboxylic acids is 2. The van der Waals surface area contributed by atoms with Crippen molar-refractivity contribution in [1.82, 2.24) is 4.90 Å². The van der Waals surface area contributed by atoms with Crippen LogP contribution in [-0.2, 0) is 9.59 Å². The molecule has 0 aliphatic carbocycles. The molecule has 1 fully saturated rings. The number of piperidine rings is 1. The van der Waals surface area contributed by atoms with Crippen LogP contribution in [-0.4, -0.2) is 46.7 Å². The van der Waals surface area contributed by atoms with E-state index in [0.717, 1.165) is 5.56 Å². The van der Waals surface area contributed by atoms with E-state index < -0.39 is 23.9 Å². The first-order valence-corrected chi connectivity index (χ1v) is 6.23. The molecule has 1 aromatic carbocycles. The molecule has 3 atom stereocenters. The molecule has 0 amide bonds. The Balaban J connectivity index is 2.38. The standard InChI is InChI=1S/C14H17NO4/c1-15-8-7-10(9-5-3-2-4-6-9)11(13(16)17)12(15)14(18)19/h2-6,10-12H,7-8H2,1H3,(H,16,17)(H,18,19). The first-order chi connectivity index (χ1) is 9.02. The van der Waals surface area contributed by atoms with E-state index in [1.165, 1.54) is 0 Å². The highest BCUT2D eigenvalue weighted by Crippen LogP contribution is 2.36. The lowest BCUT2D eigenvalue weighted by Gasteiger charge is -2.39. The van der Waals surface area contributed by atoms with Gasteiger partial charge in [0.1, 0.15) is 6.04 Å². The van der Waals surface area contributed by atoms with Gasteiger partial charge >= 0.3 is 11.9 Å². The Kier molecular flexibility index (Phi) is 3.85. The second kappa shape index (κ2) is 5.40. The number of carbonyl (C=O) groups is 2. The average Bonchev–Trinajstić information content (AvgIpc) is 2.38. The summed E-state index contributed by atoms with van der Waals surface area (Å²) in [5.74, 6) is -3.29. The van der Waals surface area contributed by atoms with Crippen molar-refractivity contribution in [3.05, 3.63) is 35.9 Å². The molecular formula is C14H17NO4. The second-order valence-corrected chi connectivity index (χ2v) is 4.93. The highest BCUT2D eigenvalue weighted by atomic mass is 16.4. The van der Waals surface area contributed by atoms with E-state index in [-0.39, 0.29) is 5.92 Å². The van der Waals surface area contributed by atoms with Crippen LogP contribution < -0.4 is 0 Å². The molecule has 3 unspecified atom stereocenters. The Hall–Kier alpha value is -1.88. The minimum atomic E-state index is -1.07. The van der Waals surface area contributed by atoms with Gasteiger partial charge in [-0.1, -0.05) is 30.3 Å². The third-order valence-electron chi connectivity index (χ3n) is 3.81. The van der Waals surface area contributed by atoms with Crippen molar-refractivity contribution < 1.29 is 19.8 Å². The molecule has 19 heavy (non-hydrogen) atoms. The third-order valence-corrected chi connectivity index (χ3v) is 3.81. The molecule has 1 aliphatic heterocycles. The fourth-order valence-electron chi connectivity index (χ4n) is 2.88. The van der Waals surface area contributed by atoms with Gasteiger partial charge in [-0.2, -0.15) is 0 Å². The van der Waals surface area contributed by atoms with Crippen LogP contribution in [0.5, 0.6) is 0 Å². The number of likely N-dealkylation sites (tertiary alicyclic amines) is 1. The normalized spacial score (nSPS) is 27.9. The van der Waals surface area contributed by atoms with Crippen molar-refractivity contribution in [2.24, 2.45) is 5.92 Å². The van der Waals surface area contributed by atoms with E-state index in [9.17, 15) is 19.8 Å². The van der Waals surface area contributed by atoms with E-state index in [0.29, 0.717) is 13.0 Å². The fourth-order valence-corrected chi connectivity index (χ4v) is 2.88. The summed E-state index contributed by atoms with van der Waals surface area (Å²) < 4.78 is 0. The molecule has 0 aromatic heterocycles. The van der Waals surface area contributed by atoms with Crippen molar-refractivity contribution in [3.8, 4) is 0 Å². The zero-order valence-corrected chi connectivity index (χ0v) is 10.7. The number of carboxylic acid groups (broad SMARTS) is 2. The van der Waals surface area contributed by atoms with Crippen LogP contribution >= 0.6 is 0 Å². The minimum Gasteiger partial charge on any atom is -0.481 e. The lowest BCUT2D eigenvalue weighted by atomic mass is 9.76. The largest absolute Gasteiger partial charge is 0.481 e. The van der Waals surface area contributed by atoms with Gasteiger partial charge in [0.25, 0.3) is 0 Å². The van der Waals surface area contributed by atoms with Crippen LogP contribution in [0, 0.1) is 5.92 Å². The molecule has 1 aliphatic rings. The summed E-state index contributed by atoms with van der Waals surface area (Å²) in [6.45, 7) is 0.584. The number of benzene rings is 1. The summed E-state index contributed by atoms with van der Waals surface area (Å²) in [7, 11) is 1.66. The molecule has 2 N–H and O–H groups in total. The van der Waals surface area contributed by atoms with Crippen LogP contribution in [0.2, 0.25) is 0 Å². The van der Waals surface area contributed by atoms with Gasteiger partial charge in [-0.3, -0.25) is 14.5 Å². The molecule has 2 rings (SSSR count). The van der Waals surface area contributed by atoms with E-state index in [1.807, 2.05) is 30.3 Å². The smallest absolute Gasteiger partial charge is 0.321 e. The van der Waals surface area contributed by atoms with E-state index in [1.54, 1.807) is 11.9 Å². The van der Waals surface area contributed by atoms with Crippen LogP contribution in [0.25, 0.3) is 0 Å². The molecule has 102 valence electrons. The first-order valence-electron chi connectivity index (χ1n) is 6.23. The number of aliphatic carboxylic acids is 2. The van der Waals surface area contributed by atoms with Crippen LogP contribution in [0.15, 0.2) is 30.3 Å². The minimum absolute atomic E-state index is 0.254. The monoisotopic (exact) mass is 263 g/mol. The Morgan fingerprint density at radius 3 is 2.32 bits per heavy atom. The van der Waals surface area contributed by atoms with Gasteiger partial charge in [-0.05, 0) is 25.6 Å². The van der Waals surface area contributed by atoms with Crippen molar-refractivity contribution in [3.63, 3.8) is 0 Å². The van der Waals surface area contributed by atoms with Gasteiger partial charge in [-0.15, -0.1) is 0 Å². The molecular weight excluding hydrogens is 246 g/mol. The highest BCUT2D eigenvalue weighted by Gasteiger charge is 2.45. The van der Waals surface area contributed by atoms with Crippen molar-refractivity contribution in [2.45, 2.75) is 18.4 Å². The van der Waals surface area contributed by atoms with Gasteiger partial charge in [-0.25, -0.2) is 0 Å². The summed E-state index contributed by atoms with van der Waals surface area (Å²) >= 11 is 0. The lowest BCUT2D eigenvalue weighted by Crippen LogP contribution is -2.53. The zero-order valence-electron chi connectivity index (χ0n) is 10.7. The van der Waals surface area contributed by atoms with E-state index in [2.05, 4.69) is 0 Å². The second-order valence-electron chi connectivity index (χ2n) is 4.93. The maximum atomic E-state index is 11.5. The van der Waals surface area contributed by atoms with E-state index in [4.69, 9.17) is 0 Å². The van der Waals surface area contributed by atoms with Crippen LogP contribution in [0.3, 0.4) is 0 Å². The third kappa shape index (κ3) is 2.61. The van der Waals surface area contributed by atoms with Gasteiger partial charge in [0, 0.05) is 5.92 Å². The Bertz CT molecular complexity index is 474. The van der Waals surface area contributed by atoms with Crippen LogP contribution in [0.4, 0.5) is 0 Å². The number of hydrogen-bond donors (Lipinski definition) is 2. The molecule has 1 saturated heterocycles. The number of nitrogens with zero attached hydrogens (tertiary/aromatic N) is 1. The number of rotatable bonds is 3. The predicted molar refractivity (Wildman–Crippen MR) is 69.0 cm³/mol. The van der Waals surface area contributed by atoms with Gasteiger partial charge in [0.05, 0.1) is 5.92 Å². The SMILES string of the molecule is CN1CCC(c2ccccc2)C(C(=O)O)C1C(=O)O. The maximum absolute atomic E-state index is 11.5. The Morgan fingerprint density at radius 1 is 1.16 bits per heavy atom. The molecule has 0 radical (unpaired) electrons. The topological polar surface area (TPSA) is 77.8 Å². The Morgan fingerprint density at radius 2 is 1.79 bits per heavy atom. The molecule has 5 heteroatoms. The summed E-state index contributed by atoms with van der Waals surface area (Å²) in [4.78, 5) is 24.5. The predicted octanol–water partition coefficient (Wildman–Crippen LogP) is 1.26. The van der Waals surface area contributed by atoms with Crippen molar-refractivity contribution >= 4 is 11.9 Å². The highest BCUT2D eigenvalue weighted by molar-refractivity contribution is 5.83. The number of likely N-dealkylation sites (N-methyl/N-ethyl adjacent to an activating group) is 1. The summed E-state index contributed by atoms with van der Waals surface area (Å²) in [5, 5.41) is 18.7. The quantitative estimate of drug-likeness (QED) is 0.858. The van der Waals surface area contributed by atoms with Gasteiger partial charge in [0.15, 0.2) is 0 Å². The molecule has 0 saturated carbocycles. The molecule has 0 spiro atoms. The zero-order chi connectivity index (χ0) is 14.0. The Labute approximate surface area is 111 Å². The molecule has 0 bridgehead atoms.